The Bertz CT molecular complexity index is 1230. The van der Waals surface area contributed by atoms with Crippen LogP contribution in [0.15, 0.2) is 52.4 Å². The van der Waals surface area contributed by atoms with Crippen molar-refractivity contribution in [3.8, 4) is 12.3 Å². The predicted octanol–water partition coefficient (Wildman–Crippen LogP) is 3.13. The molecule has 1 amide bonds. The quantitative estimate of drug-likeness (QED) is 0.630. The topological polar surface area (TPSA) is 68.5 Å². The highest BCUT2D eigenvalue weighted by atomic mass is 35.5. The molecule has 3 rings (SSSR count). The summed E-state index contributed by atoms with van der Waals surface area (Å²) in [6.07, 6.45) is 6.49. The summed E-state index contributed by atoms with van der Waals surface area (Å²) >= 11 is 7.28. The van der Waals surface area contributed by atoms with Gasteiger partial charge in [-0.15, -0.1) is 6.42 Å². The van der Waals surface area contributed by atoms with Crippen LogP contribution < -0.4 is 4.80 Å². The van der Waals surface area contributed by atoms with E-state index in [1.54, 1.807) is 34.9 Å². The summed E-state index contributed by atoms with van der Waals surface area (Å²) in [7, 11) is -3.56. The molecule has 5 nitrogen and oxygen atoms in total. The van der Waals surface area contributed by atoms with Gasteiger partial charge in [0.15, 0.2) is 14.6 Å². The van der Waals surface area contributed by atoms with Gasteiger partial charge in [-0.2, -0.15) is 4.99 Å². The highest BCUT2D eigenvalue weighted by molar-refractivity contribution is 7.90. The van der Waals surface area contributed by atoms with Crippen molar-refractivity contribution in [2.45, 2.75) is 11.4 Å². The van der Waals surface area contributed by atoms with Crippen LogP contribution in [0.25, 0.3) is 10.2 Å². The largest absolute Gasteiger partial charge is 0.305 e. The average Bonchev–Trinajstić information content (AvgIpc) is 2.91. The molecule has 0 unspecified atom stereocenters. The van der Waals surface area contributed by atoms with E-state index in [0.29, 0.717) is 9.82 Å². The lowest BCUT2D eigenvalue weighted by atomic mass is 10.2. The lowest BCUT2D eigenvalue weighted by molar-refractivity contribution is 0.0995. The maximum absolute atomic E-state index is 12.7. The summed E-state index contributed by atoms with van der Waals surface area (Å²) < 4.78 is 26.4. The second-order valence-electron chi connectivity index (χ2n) is 5.47. The summed E-state index contributed by atoms with van der Waals surface area (Å²) in [5.74, 6) is 1.89. The van der Waals surface area contributed by atoms with Gasteiger partial charge in [0.1, 0.15) is 0 Å². The van der Waals surface area contributed by atoms with Crippen molar-refractivity contribution in [2.24, 2.45) is 4.99 Å². The number of thiazole rings is 1. The molecule has 0 aliphatic heterocycles. The molecule has 0 spiro atoms. The first-order valence-electron chi connectivity index (χ1n) is 7.42. The summed E-state index contributed by atoms with van der Waals surface area (Å²) in [5, 5.41) is 0.562. The Kier molecular flexibility index (Phi) is 5.01. The molecule has 0 atom stereocenters. The molecule has 0 bridgehead atoms. The monoisotopic (exact) mass is 404 g/mol. The molecule has 8 heteroatoms. The van der Waals surface area contributed by atoms with E-state index in [2.05, 4.69) is 10.9 Å². The number of rotatable bonds is 3. The summed E-state index contributed by atoms with van der Waals surface area (Å²) in [6.45, 7) is 0.224. The highest BCUT2D eigenvalue weighted by Gasteiger charge is 2.18. The van der Waals surface area contributed by atoms with E-state index in [9.17, 15) is 13.2 Å². The zero-order valence-corrected chi connectivity index (χ0v) is 16.0. The van der Waals surface area contributed by atoms with E-state index in [4.69, 9.17) is 18.0 Å². The van der Waals surface area contributed by atoms with Gasteiger partial charge in [-0.25, -0.2) is 8.42 Å². The number of aromatic nitrogens is 1. The molecule has 1 heterocycles. The van der Waals surface area contributed by atoms with Gasteiger partial charge in [-0.1, -0.05) is 41.0 Å². The SMILES string of the molecule is C#CCn1c(=NC(=O)c2ccccc2S(C)(=O)=O)sc2cc(Cl)ccc21. The van der Waals surface area contributed by atoms with Gasteiger partial charge in [0.25, 0.3) is 5.91 Å². The van der Waals surface area contributed by atoms with Crippen molar-refractivity contribution in [3.05, 3.63) is 57.9 Å². The maximum atomic E-state index is 12.7. The minimum absolute atomic E-state index is 0.0257. The van der Waals surface area contributed by atoms with Gasteiger partial charge in [0.05, 0.1) is 27.2 Å². The number of sulfone groups is 1. The van der Waals surface area contributed by atoms with Gasteiger partial charge in [0, 0.05) is 11.3 Å². The minimum atomic E-state index is -3.56. The Morgan fingerprint density at radius 3 is 2.73 bits per heavy atom. The Morgan fingerprint density at radius 1 is 1.31 bits per heavy atom. The molecule has 0 saturated carbocycles. The number of hydrogen-bond acceptors (Lipinski definition) is 4. The number of halogens is 1. The highest BCUT2D eigenvalue weighted by Crippen LogP contribution is 2.22. The molecule has 0 radical (unpaired) electrons. The zero-order chi connectivity index (χ0) is 18.9. The first-order valence-corrected chi connectivity index (χ1v) is 10.5. The maximum Gasteiger partial charge on any atom is 0.280 e. The number of fused-ring (bicyclic) bond motifs is 1. The summed E-state index contributed by atoms with van der Waals surface area (Å²) in [5.41, 5.74) is 0.832. The van der Waals surface area contributed by atoms with Crippen LogP contribution in [-0.4, -0.2) is 25.1 Å². The number of nitrogens with zero attached hydrogens (tertiary/aromatic N) is 2. The number of carbonyl (C=O) groups is 1. The van der Waals surface area contributed by atoms with Crippen LogP contribution in [0, 0.1) is 12.3 Å². The second kappa shape index (κ2) is 7.08. The van der Waals surface area contributed by atoms with Gasteiger partial charge in [0.2, 0.25) is 0 Å². The van der Waals surface area contributed by atoms with Gasteiger partial charge in [-0.05, 0) is 30.3 Å². The third kappa shape index (κ3) is 3.58. The number of benzene rings is 2. The van der Waals surface area contributed by atoms with Crippen LogP contribution in [0.4, 0.5) is 0 Å². The first kappa shape index (κ1) is 18.4. The van der Waals surface area contributed by atoms with Crippen LogP contribution in [0.1, 0.15) is 10.4 Å². The molecule has 0 saturated heterocycles. The second-order valence-corrected chi connectivity index (χ2v) is 8.90. The van der Waals surface area contributed by atoms with E-state index < -0.39 is 15.7 Å². The Balaban J connectivity index is 2.22. The van der Waals surface area contributed by atoms with E-state index in [-0.39, 0.29) is 17.0 Å². The Morgan fingerprint density at radius 2 is 2.04 bits per heavy atom. The molecular weight excluding hydrogens is 392 g/mol. The van der Waals surface area contributed by atoms with Crippen molar-refractivity contribution in [1.82, 2.24) is 4.57 Å². The van der Waals surface area contributed by atoms with Crippen LogP contribution in [0.2, 0.25) is 5.02 Å². The van der Waals surface area contributed by atoms with E-state index in [1.807, 2.05) is 0 Å². The van der Waals surface area contributed by atoms with Crippen molar-refractivity contribution in [2.75, 3.05) is 6.26 Å². The van der Waals surface area contributed by atoms with Gasteiger partial charge in [-0.3, -0.25) is 4.79 Å². The molecular formula is C18H13ClN2O3S2. The molecule has 3 aromatic rings. The average molecular weight is 405 g/mol. The Labute approximate surface area is 159 Å². The first-order chi connectivity index (χ1) is 12.3. The van der Waals surface area contributed by atoms with E-state index >= 15 is 0 Å². The molecule has 2 aromatic carbocycles. The number of amides is 1. The minimum Gasteiger partial charge on any atom is -0.305 e. The summed E-state index contributed by atoms with van der Waals surface area (Å²) in [4.78, 5) is 17.1. The summed E-state index contributed by atoms with van der Waals surface area (Å²) in [6, 6.07) is 11.3. The molecule has 0 N–H and O–H groups in total. The zero-order valence-electron chi connectivity index (χ0n) is 13.6. The molecule has 1 aromatic heterocycles. The molecule has 0 aliphatic rings. The molecule has 26 heavy (non-hydrogen) atoms. The predicted molar refractivity (Wildman–Crippen MR) is 103 cm³/mol. The fraction of sp³-hybridized carbons (Fsp3) is 0.111. The van der Waals surface area contributed by atoms with Gasteiger partial charge >= 0.3 is 0 Å². The van der Waals surface area contributed by atoms with Crippen LogP contribution >= 0.6 is 22.9 Å². The standard InChI is InChI=1S/C18H13ClN2O3S2/c1-3-10-21-14-9-8-12(19)11-15(14)25-18(21)20-17(22)13-6-4-5-7-16(13)26(2,23)24/h1,4-9,11H,10H2,2H3. The molecule has 132 valence electrons. The van der Waals surface area contributed by atoms with Gasteiger partial charge < -0.3 is 4.57 Å². The number of carbonyl (C=O) groups excluding carboxylic acids is 1. The fourth-order valence-corrected chi connectivity index (χ4v) is 4.67. The number of hydrogen-bond donors (Lipinski definition) is 0. The van der Waals surface area contributed by atoms with E-state index in [0.717, 1.165) is 16.5 Å². The van der Waals surface area contributed by atoms with Crippen LogP contribution in [0.5, 0.6) is 0 Å². The smallest absolute Gasteiger partial charge is 0.280 e. The molecule has 0 aliphatic carbocycles. The van der Waals surface area contributed by atoms with Crippen LogP contribution in [0.3, 0.4) is 0 Å². The van der Waals surface area contributed by atoms with Crippen LogP contribution in [-0.2, 0) is 16.4 Å². The number of terminal acetylenes is 1. The van der Waals surface area contributed by atoms with Crippen molar-refractivity contribution >= 4 is 48.9 Å². The Hall–Kier alpha value is -2.40. The van der Waals surface area contributed by atoms with Crippen molar-refractivity contribution in [3.63, 3.8) is 0 Å². The lowest BCUT2D eigenvalue weighted by Crippen LogP contribution is -2.17. The lowest BCUT2D eigenvalue weighted by Gasteiger charge is -2.04. The fourth-order valence-electron chi connectivity index (χ4n) is 2.49. The molecule has 0 fully saturated rings. The third-order valence-electron chi connectivity index (χ3n) is 3.61. The third-order valence-corrected chi connectivity index (χ3v) is 6.04. The normalized spacial score (nSPS) is 12.3. The van der Waals surface area contributed by atoms with E-state index in [1.165, 1.54) is 23.5 Å². The van der Waals surface area contributed by atoms with Crippen molar-refractivity contribution < 1.29 is 13.2 Å². The van der Waals surface area contributed by atoms with Crippen molar-refractivity contribution in [1.29, 1.82) is 0 Å².